The molecule has 1 heteroatoms. The molecule has 0 fully saturated rings. The van der Waals surface area contributed by atoms with Crippen molar-refractivity contribution in [1.82, 2.24) is 0 Å². The fourth-order valence-electron chi connectivity index (χ4n) is 3.72. The predicted molar refractivity (Wildman–Crippen MR) is 124 cm³/mol. The third kappa shape index (κ3) is 6.42. The zero-order chi connectivity index (χ0) is 20.3. The van der Waals surface area contributed by atoms with Crippen LogP contribution in [0.3, 0.4) is 0 Å². The molecule has 1 nitrogen and oxygen atoms in total. The predicted octanol–water partition coefficient (Wildman–Crippen LogP) is 8.34. The van der Waals surface area contributed by atoms with Gasteiger partial charge in [0.05, 0.1) is 0 Å². The van der Waals surface area contributed by atoms with Crippen LogP contribution in [-0.2, 0) is 0 Å². The van der Waals surface area contributed by atoms with Crippen LogP contribution in [0.25, 0.3) is 22.3 Å². The van der Waals surface area contributed by atoms with Gasteiger partial charge in [-0.25, -0.2) is 0 Å². The van der Waals surface area contributed by atoms with Gasteiger partial charge in [0.15, 0.2) is 5.78 Å². The molecule has 0 bridgehead atoms. The number of hydrogen-bond acceptors (Lipinski definition) is 1. The van der Waals surface area contributed by atoms with Crippen molar-refractivity contribution >= 4 is 5.78 Å². The summed E-state index contributed by atoms with van der Waals surface area (Å²) in [4.78, 5) is 12.4. The molecule has 3 rings (SSSR count). The molecule has 0 spiro atoms. The van der Waals surface area contributed by atoms with Crippen molar-refractivity contribution in [1.29, 1.82) is 0 Å². The lowest BCUT2D eigenvalue weighted by Gasteiger charge is -2.07. The molecule has 3 aromatic rings. The summed E-state index contributed by atoms with van der Waals surface area (Å²) in [5.41, 5.74) is 5.61. The molecule has 0 atom stereocenters. The summed E-state index contributed by atoms with van der Waals surface area (Å²) >= 11 is 0. The Balaban J connectivity index is 1.51. The van der Waals surface area contributed by atoms with E-state index in [2.05, 4.69) is 67.6 Å². The summed E-state index contributed by atoms with van der Waals surface area (Å²) < 4.78 is 0. The second-order valence-corrected chi connectivity index (χ2v) is 7.82. The quantitative estimate of drug-likeness (QED) is 0.240. The monoisotopic (exact) mass is 384 g/mol. The van der Waals surface area contributed by atoms with E-state index in [1.54, 1.807) is 0 Å². The highest BCUT2D eigenvalue weighted by Crippen LogP contribution is 2.25. The van der Waals surface area contributed by atoms with Gasteiger partial charge in [-0.05, 0) is 28.7 Å². The van der Waals surface area contributed by atoms with Gasteiger partial charge in [-0.2, -0.15) is 0 Å². The van der Waals surface area contributed by atoms with Gasteiger partial charge in [0, 0.05) is 12.0 Å². The zero-order valence-corrected chi connectivity index (χ0v) is 17.6. The Labute approximate surface area is 175 Å². The van der Waals surface area contributed by atoms with Crippen molar-refractivity contribution in [3.05, 3.63) is 84.4 Å². The first-order valence-corrected chi connectivity index (χ1v) is 11.1. The van der Waals surface area contributed by atoms with Crippen LogP contribution in [0.1, 0.15) is 68.6 Å². The minimum atomic E-state index is 0.268. The highest BCUT2D eigenvalue weighted by molar-refractivity contribution is 5.96. The van der Waals surface area contributed by atoms with Crippen molar-refractivity contribution < 1.29 is 4.79 Å². The molecule has 0 saturated heterocycles. The molecule has 0 unspecified atom stereocenters. The van der Waals surface area contributed by atoms with Crippen molar-refractivity contribution in [2.75, 3.05) is 0 Å². The molecule has 0 heterocycles. The van der Waals surface area contributed by atoms with Crippen LogP contribution in [-0.4, -0.2) is 5.78 Å². The van der Waals surface area contributed by atoms with Gasteiger partial charge in [-0.1, -0.05) is 124 Å². The molecule has 29 heavy (non-hydrogen) atoms. The minimum Gasteiger partial charge on any atom is -0.294 e. The molecule has 0 aliphatic carbocycles. The standard InChI is InChI=1S/C28H32O/c1-2-3-4-5-6-7-11-14-28(29)27-21-19-26(20-22-27)25-17-15-24(16-18-25)23-12-9-8-10-13-23/h8-10,12-13,15-22H,2-7,11,14H2,1H3. The number of carbonyl (C=O) groups is 1. The zero-order valence-electron chi connectivity index (χ0n) is 17.6. The van der Waals surface area contributed by atoms with E-state index in [0.29, 0.717) is 6.42 Å². The molecular formula is C28H32O. The second kappa shape index (κ2) is 11.4. The largest absolute Gasteiger partial charge is 0.294 e. The van der Waals surface area contributed by atoms with Crippen LogP contribution >= 0.6 is 0 Å². The topological polar surface area (TPSA) is 17.1 Å². The highest BCUT2D eigenvalue weighted by atomic mass is 16.1. The number of benzene rings is 3. The molecule has 0 aliphatic heterocycles. The molecular weight excluding hydrogens is 352 g/mol. The van der Waals surface area contributed by atoms with E-state index in [1.807, 2.05) is 18.2 Å². The summed E-state index contributed by atoms with van der Waals surface area (Å²) in [5.74, 6) is 0.268. The summed E-state index contributed by atoms with van der Waals surface area (Å²) in [6.07, 6.45) is 9.35. The van der Waals surface area contributed by atoms with Gasteiger partial charge in [-0.15, -0.1) is 0 Å². The molecule has 3 aromatic carbocycles. The van der Waals surface area contributed by atoms with E-state index in [-0.39, 0.29) is 5.78 Å². The minimum absolute atomic E-state index is 0.268. The van der Waals surface area contributed by atoms with Crippen molar-refractivity contribution in [2.24, 2.45) is 0 Å². The van der Waals surface area contributed by atoms with E-state index >= 15 is 0 Å². The summed E-state index contributed by atoms with van der Waals surface area (Å²) in [6.45, 7) is 2.24. The number of ketones is 1. The van der Waals surface area contributed by atoms with Gasteiger partial charge >= 0.3 is 0 Å². The highest BCUT2D eigenvalue weighted by Gasteiger charge is 2.06. The first-order valence-electron chi connectivity index (χ1n) is 11.1. The molecule has 0 amide bonds. The van der Waals surface area contributed by atoms with Crippen molar-refractivity contribution in [2.45, 2.75) is 58.3 Å². The SMILES string of the molecule is CCCCCCCCCC(=O)c1ccc(-c2ccc(-c3ccccc3)cc2)cc1. The summed E-state index contributed by atoms with van der Waals surface area (Å²) in [7, 11) is 0. The molecule has 0 saturated carbocycles. The molecule has 0 radical (unpaired) electrons. The van der Waals surface area contributed by atoms with Crippen LogP contribution in [0, 0.1) is 0 Å². The van der Waals surface area contributed by atoms with Gasteiger partial charge in [-0.3, -0.25) is 4.79 Å². The fourth-order valence-corrected chi connectivity index (χ4v) is 3.72. The number of rotatable bonds is 11. The van der Waals surface area contributed by atoms with Gasteiger partial charge in [0.1, 0.15) is 0 Å². The average molecular weight is 385 g/mol. The number of carbonyl (C=O) groups excluding carboxylic acids is 1. The Bertz CT molecular complexity index is 860. The summed E-state index contributed by atoms with van der Waals surface area (Å²) in [5, 5.41) is 0. The van der Waals surface area contributed by atoms with Gasteiger partial charge in [0.25, 0.3) is 0 Å². The van der Waals surface area contributed by atoms with Crippen LogP contribution in [0.4, 0.5) is 0 Å². The van der Waals surface area contributed by atoms with E-state index in [4.69, 9.17) is 0 Å². The lowest BCUT2D eigenvalue weighted by atomic mass is 9.98. The Hall–Kier alpha value is -2.67. The summed E-state index contributed by atoms with van der Waals surface area (Å²) in [6, 6.07) is 27.1. The Morgan fingerprint density at radius 1 is 0.552 bits per heavy atom. The van der Waals surface area contributed by atoms with Crippen LogP contribution in [0.15, 0.2) is 78.9 Å². The molecule has 0 aromatic heterocycles. The lowest BCUT2D eigenvalue weighted by Crippen LogP contribution is -1.98. The van der Waals surface area contributed by atoms with Gasteiger partial charge in [0.2, 0.25) is 0 Å². The van der Waals surface area contributed by atoms with Gasteiger partial charge < -0.3 is 0 Å². The van der Waals surface area contributed by atoms with E-state index in [9.17, 15) is 4.79 Å². The smallest absolute Gasteiger partial charge is 0.162 e. The van der Waals surface area contributed by atoms with Crippen LogP contribution < -0.4 is 0 Å². The third-order valence-corrected chi connectivity index (χ3v) is 5.54. The van der Waals surface area contributed by atoms with Crippen LogP contribution in [0.5, 0.6) is 0 Å². The van der Waals surface area contributed by atoms with E-state index in [0.717, 1.165) is 17.5 Å². The van der Waals surface area contributed by atoms with E-state index in [1.165, 1.54) is 55.2 Å². The first-order chi connectivity index (χ1) is 14.3. The lowest BCUT2D eigenvalue weighted by molar-refractivity contribution is 0.0979. The Morgan fingerprint density at radius 3 is 1.55 bits per heavy atom. The molecule has 150 valence electrons. The number of hydrogen-bond donors (Lipinski definition) is 0. The first kappa shape index (κ1) is 21.0. The fraction of sp³-hybridized carbons (Fsp3) is 0.321. The van der Waals surface area contributed by atoms with Crippen molar-refractivity contribution in [3.8, 4) is 22.3 Å². The normalized spacial score (nSPS) is 10.8. The van der Waals surface area contributed by atoms with Crippen molar-refractivity contribution in [3.63, 3.8) is 0 Å². The maximum absolute atomic E-state index is 12.4. The molecule has 0 N–H and O–H groups in total. The maximum atomic E-state index is 12.4. The Kier molecular flexibility index (Phi) is 8.25. The van der Waals surface area contributed by atoms with E-state index < -0.39 is 0 Å². The number of Topliss-reactive ketones (excluding diaryl/α,β-unsaturated/α-hetero) is 1. The average Bonchev–Trinajstić information content (AvgIpc) is 2.79. The number of unbranched alkanes of at least 4 members (excludes halogenated alkanes) is 6. The Morgan fingerprint density at radius 2 is 1.00 bits per heavy atom. The molecule has 0 aliphatic rings. The third-order valence-electron chi connectivity index (χ3n) is 5.54. The maximum Gasteiger partial charge on any atom is 0.162 e. The van der Waals surface area contributed by atoms with Crippen LogP contribution in [0.2, 0.25) is 0 Å². The second-order valence-electron chi connectivity index (χ2n) is 7.82.